The molecule has 126 valence electrons. The Morgan fingerprint density at radius 2 is 1.92 bits per heavy atom. The van der Waals surface area contributed by atoms with E-state index in [9.17, 15) is 19.1 Å². The van der Waals surface area contributed by atoms with Crippen molar-refractivity contribution in [2.45, 2.75) is 0 Å². The number of hydrogen-bond donors (Lipinski definition) is 1. The molecule has 0 aromatic heterocycles. The number of esters is 1. The number of ether oxygens (including phenoxy) is 1. The second kappa shape index (κ2) is 6.98. The first-order chi connectivity index (χ1) is 12.0. The van der Waals surface area contributed by atoms with Crippen molar-refractivity contribution in [3.8, 4) is 0 Å². The molecule has 1 N–H and O–H groups in total. The van der Waals surface area contributed by atoms with Crippen molar-refractivity contribution >= 4 is 39.1 Å². The molecule has 1 aliphatic heterocycles. The number of aliphatic imine (C=N–C) groups is 1. The first kappa shape index (κ1) is 17.0. The Morgan fingerprint density at radius 3 is 2.60 bits per heavy atom. The lowest BCUT2D eigenvalue weighted by atomic mass is 10.0. The Bertz CT molecular complexity index is 919. The van der Waals surface area contributed by atoms with E-state index >= 15 is 0 Å². The Hall–Kier alpha value is -2.80. The SMILES string of the molecule is O=C1OCC(=Nc2cccc(Br)c2)/C1=C(\O)C(=O)c1ccc(F)cc1. The van der Waals surface area contributed by atoms with E-state index in [0.29, 0.717) is 5.69 Å². The predicted molar refractivity (Wildman–Crippen MR) is 92.6 cm³/mol. The van der Waals surface area contributed by atoms with Crippen LogP contribution in [0.4, 0.5) is 10.1 Å². The fourth-order valence-corrected chi connectivity index (χ4v) is 2.66. The Kier molecular flexibility index (Phi) is 4.76. The standard InChI is InChI=1S/C18H11BrFNO4/c19-11-2-1-3-13(8-11)21-14-9-25-18(24)15(14)17(23)16(22)10-4-6-12(20)7-5-10/h1-8,23H,9H2/b17-15+,21-14?. The predicted octanol–water partition coefficient (Wildman–Crippen LogP) is 3.91. The number of Topliss-reactive ketones (excluding diaryl/α,β-unsaturated/α-hetero) is 1. The average Bonchev–Trinajstić information content (AvgIpc) is 2.94. The summed E-state index contributed by atoms with van der Waals surface area (Å²) >= 11 is 3.31. The number of benzene rings is 2. The summed E-state index contributed by atoms with van der Waals surface area (Å²) in [6.07, 6.45) is 0. The highest BCUT2D eigenvalue weighted by atomic mass is 79.9. The number of cyclic esters (lactones) is 1. The third kappa shape index (κ3) is 3.66. The second-order valence-electron chi connectivity index (χ2n) is 5.17. The molecule has 0 unspecified atom stereocenters. The van der Waals surface area contributed by atoms with E-state index in [2.05, 4.69) is 20.9 Å². The number of carbonyl (C=O) groups is 2. The highest BCUT2D eigenvalue weighted by Crippen LogP contribution is 2.24. The van der Waals surface area contributed by atoms with E-state index in [4.69, 9.17) is 4.74 Å². The third-order valence-corrected chi connectivity index (χ3v) is 3.96. The van der Waals surface area contributed by atoms with Crippen LogP contribution in [0.15, 0.2) is 69.3 Å². The van der Waals surface area contributed by atoms with Gasteiger partial charge in [-0.05, 0) is 42.5 Å². The van der Waals surface area contributed by atoms with Crippen LogP contribution in [0.25, 0.3) is 0 Å². The smallest absolute Gasteiger partial charge is 0.344 e. The molecule has 0 amide bonds. The molecule has 3 rings (SSSR count). The summed E-state index contributed by atoms with van der Waals surface area (Å²) < 4.78 is 18.7. The topological polar surface area (TPSA) is 76.0 Å². The Labute approximate surface area is 150 Å². The van der Waals surface area contributed by atoms with Crippen LogP contribution in [0.2, 0.25) is 0 Å². The van der Waals surface area contributed by atoms with Crippen molar-refractivity contribution < 1.29 is 23.8 Å². The van der Waals surface area contributed by atoms with Crippen molar-refractivity contribution in [1.82, 2.24) is 0 Å². The van der Waals surface area contributed by atoms with E-state index in [1.54, 1.807) is 18.2 Å². The zero-order chi connectivity index (χ0) is 18.0. The van der Waals surface area contributed by atoms with Gasteiger partial charge in [0.25, 0.3) is 0 Å². The lowest BCUT2D eigenvalue weighted by molar-refractivity contribution is -0.135. The van der Waals surface area contributed by atoms with Gasteiger partial charge in [-0.15, -0.1) is 0 Å². The molecule has 1 heterocycles. The van der Waals surface area contributed by atoms with Crippen LogP contribution in [-0.2, 0) is 9.53 Å². The second-order valence-corrected chi connectivity index (χ2v) is 6.09. The van der Waals surface area contributed by atoms with Gasteiger partial charge in [0, 0.05) is 10.0 Å². The molecule has 1 fully saturated rings. The normalized spacial score (nSPS) is 17.5. The van der Waals surface area contributed by atoms with Gasteiger partial charge < -0.3 is 9.84 Å². The molecule has 0 spiro atoms. The van der Waals surface area contributed by atoms with Gasteiger partial charge in [0.05, 0.1) is 11.4 Å². The number of allylic oxidation sites excluding steroid dienone is 1. The van der Waals surface area contributed by atoms with E-state index in [1.807, 2.05) is 6.07 Å². The fraction of sp³-hybridized carbons (Fsp3) is 0.0556. The van der Waals surface area contributed by atoms with E-state index in [1.165, 1.54) is 12.1 Å². The zero-order valence-electron chi connectivity index (χ0n) is 12.7. The lowest BCUT2D eigenvalue weighted by Gasteiger charge is -2.03. The van der Waals surface area contributed by atoms with Gasteiger partial charge in [-0.3, -0.25) is 4.79 Å². The summed E-state index contributed by atoms with van der Waals surface area (Å²) in [5, 5.41) is 10.3. The molecule has 25 heavy (non-hydrogen) atoms. The van der Waals surface area contributed by atoms with Crippen LogP contribution in [0.1, 0.15) is 10.4 Å². The van der Waals surface area contributed by atoms with Crippen LogP contribution >= 0.6 is 15.9 Å². The van der Waals surface area contributed by atoms with Gasteiger partial charge >= 0.3 is 5.97 Å². The van der Waals surface area contributed by atoms with Crippen molar-refractivity contribution in [2.75, 3.05) is 6.61 Å². The monoisotopic (exact) mass is 403 g/mol. The Balaban J connectivity index is 2.01. The van der Waals surface area contributed by atoms with Gasteiger partial charge in [0.15, 0.2) is 5.76 Å². The number of ketones is 1. The fourth-order valence-electron chi connectivity index (χ4n) is 2.27. The number of aliphatic hydroxyl groups excluding tert-OH is 1. The first-order valence-electron chi connectivity index (χ1n) is 7.20. The summed E-state index contributed by atoms with van der Waals surface area (Å²) in [6.45, 7) is -0.151. The minimum Gasteiger partial charge on any atom is -0.503 e. The van der Waals surface area contributed by atoms with Gasteiger partial charge in [-0.2, -0.15) is 0 Å². The number of rotatable bonds is 3. The molecule has 0 radical (unpaired) electrons. The Morgan fingerprint density at radius 1 is 1.20 bits per heavy atom. The van der Waals surface area contributed by atoms with Gasteiger partial charge in [-0.25, -0.2) is 14.2 Å². The summed E-state index contributed by atoms with van der Waals surface area (Å²) in [5.74, 6) is -2.93. The first-order valence-corrected chi connectivity index (χ1v) is 7.99. The average molecular weight is 404 g/mol. The quantitative estimate of drug-likeness (QED) is 0.364. The zero-order valence-corrected chi connectivity index (χ0v) is 14.3. The third-order valence-electron chi connectivity index (χ3n) is 3.46. The van der Waals surface area contributed by atoms with Crippen molar-refractivity contribution in [3.63, 3.8) is 0 Å². The number of halogens is 2. The summed E-state index contributed by atoms with van der Waals surface area (Å²) in [7, 11) is 0. The molecule has 0 saturated carbocycles. The van der Waals surface area contributed by atoms with Crippen LogP contribution in [0.3, 0.4) is 0 Å². The lowest BCUT2D eigenvalue weighted by Crippen LogP contribution is -2.13. The molecular weight excluding hydrogens is 393 g/mol. The highest BCUT2D eigenvalue weighted by molar-refractivity contribution is 9.10. The molecule has 2 aromatic carbocycles. The minimum absolute atomic E-state index is 0.0490. The van der Waals surface area contributed by atoms with Gasteiger partial charge in [-0.1, -0.05) is 22.0 Å². The van der Waals surface area contributed by atoms with Crippen LogP contribution < -0.4 is 0 Å². The molecule has 1 saturated heterocycles. The minimum atomic E-state index is -0.832. The van der Waals surface area contributed by atoms with Crippen molar-refractivity contribution in [2.24, 2.45) is 4.99 Å². The molecular formula is C18H11BrFNO4. The molecule has 1 aliphatic rings. The summed E-state index contributed by atoms with van der Waals surface area (Å²) in [6, 6.07) is 11.6. The van der Waals surface area contributed by atoms with E-state index in [0.717, 1.165) is 16.6 Å². The van der Waals surface area contributed by atoms with Crippen LogP contribution in [0, 0.1) is 5.82 Å². The molecule has 7 heteroatoms. The van der Waals surface area contributed by atoms with Gasteiger partial charge in [0.1, 0.15) is 18.0 Å². The molecule has 2 aromatic rings. The number of hydrogen-bond acceptors (Lipinski definition) is 5. The van der Waals surface area contributed by atoms with Crippen LogP contribution in [0.5, 0.6) is 0 Å². The summed E-state index contributed by atoms with van der Waals surface area (Å²) in [4.78, 5) is 28.5. The van der Waals surface area contributed by atoms with Gasteiger partial charge in [0.2, 0.25) is 5.78 Å². The van der Waals surface area contributed by atoms with Crippen molar-refractivity contribution in [1.29, 1.82) is 0 Å². The molecule has 0 atom stereocenters. The summed E-state index contributed by atoms with van der Waals surface area (Å²) in [5.41, 5.74) is 0.445. The maximum Gasteiger partial charge on any atom is 0.344 e. The number of aliphatic hydroxyl groups is 1. The van der Waals surface area contributed by atoms with Crippen molar-refractivity contribution in [3.05, 3.63) is 75.7 Å². The van der Waals surface area contributed by atoms with E-state index in [-0.39, 0.29) is 23.5 Å². The molecule has 0 aliphatic carbocycles. The largest absolute Gasteiger partial charge is 0.503 e. The maximum atomic E-state index is 13.0. The van der Waals surface area contributed by atoms with E-state index < -0.39 is 23.3 Å². The number of carbonyl (C=O) groups excluding carboxylic acids is 2. The maximum absolute atomic E-state index is 13.0. The molecule has 5 nitrogen and oxygen atoms in total. The highest BCUT2D eigenvalue weighted by Gasteiger charge is 2.33. The molecule has 0 bridgehead atoms. The van der Waals surface area contributed by atoms with Crippen LogP contribution in [-0.4, -0.2) is 29.2 Å². The number of nitrogens with zero attached hydrogens (tertiary/aromatic N) is 1.